The van der Waals surface area contributed by atoms with Crippen LogP contribution in [0.25, 0.3) is 0 Å². The SMILES string of the molecule is CC\C=C/C=C\C=C/CCCCCCCC(=O)OCC(COC(=O)CCC/C=C\C/C=C\C/C=C\C/C=C\C/C=C\CC)OC(=O)CCC/C=C\C/C=C\C/C=C\C/C=C\CCCCC. The largest absolute Gasteiger partial charge is 0.462 e. The first-order chi connectivity index (χ1) is 32.0. The predicted molar refractivity (Wildman–Crippen MR) is 279 cm³/mol. The zero-order valence-corrected chi connectivity index (χ0v) is 41.2. The Kier molecular flexibility index (Phi) is 48.2. The van der Waals surface area contributed by atoms with Gasteiger partial charge in [-0.25, -0.2) is 0 Å². The number of carbonyl (C=O) groups is 3. The molecule has 1 atom stereocenters. The van der Waals surface area contributed by atoms with E-state index in [-0.39, 0.29) is 38.0 Å². The molecule has 0 aliphatic rings. The van der Waals surface area contributed by atoms with E-state index in [2.05, 4.69) is 161 Å². The molecule has 65 heavy (non-hydrogen) atoms. The van der Waals surface area contributed by atoms with Crippen LogP contribution >= 0.6 is 0 Å². The standard InChI is InChI=1S/C59H90O6/c1-4-7-10-13-16-19-22-25-27-29-31-34-37-40-43-46-49-52-58(61)64-55-56(54-63-57(60)51-48-45-42-39-36-33-24-21-18-15-12-9-6-3)65-59(62)53-50-47-44-41-38-35-32-30-28-26-23-20-17-14-11-8-5-2/h7,9-10,12,15-21,24-28,31-32,34-35,40-41,43-44,56H,4-6,8,11,13-14,22-23,29-30,33,36-39,42,45-55H2,1-3H3/b10-7-,12-9-,18-15-,19-16-,20-17-,24-21-,27-25-,28-26-,34-31-,35-32-,43-40-,44-41-. The highest BCUT2D eigenvalue weighted by atomic mass is 16.6. The van der Waals surface area contributed by atoms with E-state index in [9.17, 15) is 14.4 Å². The maximum absolute atomic E-state index is 12.8. The molecule has 0 aliphatic carbocycles. The minimum atomic E-state index is -0.844. The molecule has 362 valence electrons. The van der Waals surface area contributed by atoms with Gasteiger partial charge in [-0.05, 0) is 116 Å². The summed E-state index contributed by atoms with van der Waals surface area (Å²) in [5.74, 6) is -1.08. The molecule has 6 heteroatoms. The highest BCUT2D eigenvalue weighted by Gasteiger charge is 2.19. The van der Waals surface area contributed by atoms with E-state index in [1.165, 1.54) is 25.7 Å². The lowest BCUT2D eigenvalue weighted by molar-refractivity contribution is -0.167. The van der Waals surface area contributed by atoms with E-state index in [0.717, 1.165) is 109 Å². The monoisotopic (exact) mass is 895 g/mol. The lowest BCUT2D eigenvalue weighted by Gasteiger charge is -2.18. The Morgan fingerprint density at radius 1 is 0.338 bits per heavy atom. The summed E-state index contributed by atoms with van der Waals surface area (Å²) in [5, 5.41) is 0. The quantitative estimate of drug-likeness (QED) is 0.0199. The van der Waals surface area contributed by atoms with Gasteiger partial charge in [0.05, 0.1) is 0 Å². The molecule has 6 nitrogen and oxygen atoms in total. The Hall–Kier alpha value is -4.71. The summed E-state index contributed by atoms with van der Waals surface area (Å²) >= 11 is 0. The summed E-state index contributed by atoms with van der Waals surface area (Å²) in [5.41, 5.74) is 0. The van der Waals surface area contributed by atoms with Gasteiger partial charge in [0.1, 0.15) is 13.2 Å². The van der Waals surface area contributed by atoms with Gasteiger partial charge in [-0.2, -0.15) is 0 Å². The molecule has 0 aliphatic heterocycles. The summed E-state index contributed by atoms with van der Waals surface area (Å²) in [6, 6.07) is 0. The van der Waals surface area contributed by atoms with Crippen LogP contribution in [-0.4, -0.2) is 37.2 Å². The second kappa shape index (κ2) is 51.9. The van der Waals surface area contributed by atoms with Crippen LogP contribution in [-0.2, 0) is 28.6 Å². The van der Waals surface area contributed by atoms with Crippen LogP contribution in [0.2, 0.25) is 0 Å². The summed E-state index contributed by atoms with van der Waals surface area (Å²) in [4.78, 5) is 37.9. The lowest BCUT2D eigenvalue weighted by atomic mass is 10.1. The Bertz CT molecular complexity index is 1490. The smallest absolute Gasteiger partial charge is 0.306 e. The highest BCUT2D eigenvalue weighted by Crippen LogP contribution is 2.11. The van der Waals surface area contributed by atoms with Gasteiger partial charge in [0.2, 0.25) is 0 Å². The fourth-order valence-corrected chi connectivity index (χ4v) is 6.11. The first kappa shape index (κ1) is 60.3. The third kappa shape index (κ3) is 50.2. The Balaban J connectivity index is 4.63. The average molecular weight is 895 g/mol. The van der Waals surface area contributed by atoms with Crippen molar-refractivity contribution >= 4 is 17.9 Å². The van der Waals surface area contributed by atoms with E-state index in [4.69, 9.17) is 14.2 Å². The van der Waals surface area contributed by atoms with E-state index < -0.39 is 12.1 Å². The van der Waals surface area contributed by atoms with Crippen molar-refractivity contribution in [3.63, 3.8) is 0 Å². The maximum Gasteiger partial charge on any atom is 0.306 e. The minimum absolute atomic E-state index is 0.135. The van der Waals surface area contributed by atoms with Crippen molar-refractivity contribution in [3.05, 3.63) is 146 Å². The van der Waals surface area contributed by atoms with Gasteiger partial charge in [-0.15, -0.1) is 0 Å². The minimum Gasteiger partial charge on any atom is -0.462 e. The zero-order chi connectivity index (χ0) is 47.2. The molecule has 0 rings (SSSR count). The van der Waals surface area contributed by atoms with Crippen LogP contribution in [0.3, 0.4) is 0 Å². The fourth-order valence-electron chi connectivity index (χ4n) is 6.11. The molecular formula is C59H90O6. The fraction of sp³-hybridized carbons (Fsp3) is 0.542. The van der Waals surface area contributed by atoms with E-state index in [1.54, 1.807) is 0 Å². The second-order valence-corrected chi connectivity index (χ2v) is 16.0. The molecule has 0 saturated heterocycles. The number of allylic oxidation sites excluding steroid dienone is 24. The van der Waals surface area contributed by atoms with Crippen LogP contribution in [0.1, 0.15) is 188 Å². The summed E-state index contributed by atoms with van der Waals surface area (Å²) in [6.07, 6.45) is 74.1. The van der Waals surface area contributed by atoms with Crippen LogP contribution in [0, 0.1) is 0 Å². The number of esters is 3. The van der Waals surface area contributed by atoms with Gasteiger partial charge in [0, 0.05) is 19.3 Å². The van der Waals surface area contributed by atoms with Crippen molar-refractivity contribution in [3.8, 4) is 0 Å². The van der Waals surface area contributed by atoms with Crippen LogP contribution in [0.15, 0.2) is 146 Å². The van der Waals surface area contributed by atoms with Crippen molar-refractivity contribution in [2.45, 2.75) is 194 Å². The first-order valence-electron chi connectivity index (χ1n) is 25.4. The number of hydrogen-bond acceptors (Lipinski definition) is 6. The topological polar surface area (TPSA) is 78.9 Å². The Morgan fingerprint density at radius 3 is 1.17 bits per heavy atom. The van der Waals surface area contributed by atoms with Gasteiger partial charge in [-0.3, -0.25) is 14.4 Å². The van der Waals surface area contributed by atoms with Crippen LogP contribution < -0.4 is 0 Å². The first-order valence-corrected chi connectivity index (χ1v) is 25.4. The Labute approximate surface area is 397 Å². The van der Waals surface area contributed by atoms with Gasteiger partial charge in [0.15, 0.2) is 6.10 Å². The zero-order valence-electron chi connectivity index (χ0n) is 41.2. The highest BCUT2D eigenvalue weighted by molar-refractivity contribution is 5.71. The normalized spacial score (nSPS) is 13.3. The third-order valence-corrected chi connectivity index (χ3v) is 9.87. The number of hydrogen-bond donors (Lipinski definition) is 0. The predicted octanol–water partition coefficient (Wildman–Crippen LogP) is 16.9. The van der Waals surface area contributed by atoms with E-state index in [1.807, 2.05) is 6.08 Å². The molecule has 0 bridgehead atoms. The third-order valence-electron chi connectivity index (χ3n) is 9.87. The molecule has 0 radical (unpaired) electrons. The van der Waals surface area contributed by atoms with Crippen molar-refractivity contribution < 1.29 is 28.6 Å². The van der Waals surface area contributed by atoms with Crippen LogP contribution in [0.4, 0.5) is 0 Å². The second-order valence-electron chi connectivity index (χ2n) is 16.0. The molecule has 0 aromatic carbocycles. The molecule has 0 spiro atoms. The van der Waals surface area contributed by atoms with Gasteiger partial charge in [0.25, 0.3) is 0 Å². The summed E-state index contributed by atoms with van der Waals surface area (Å²) in [7, 11) is 0. The molecular weight excluding hydrogens is 805 g/mol. The molecule has 0 fully saturated rings. The van der Waals surface area contributed by atoms with Gasteiger partial charge >= 0.3 is 17.9 Å². The molecule has 0 aromatic heterocycles. The molecule has 0 aromatic rings. The lowest BCUT2D eigenvalue weighted by Crippen LogP contribution is -2.30. The van der Waals surface area contributed by atoms with Gasteiger partial charge < -0.3 is 14.2 Å². The number of rotatable bonds is 43. The van der Waals surface area contributed by atoms with Gasteiger partial charge in [-0.1, -0.05) is 199 Å². The molecule has 0 N–H and O–H groups in total. The van der Waals surface area contributed by atoms with Crippen LogP contribution in [0.5, 0.6) is 0 Å². The van der Waals surface area contributed by atoms with Crippen molar-refractivity contribution in [2.24, 2.45) is 0 Å². The summed E-state index contributed by atoms with van der Waals surface area (Å²) < 4.78 is 16.7. The van der Waals surface area contributed by atoms with Crippen molar-refractivity contribution in [1.29, 1.82) is 0 Å². The molecule has 0 saturated carbocycles. The Morgan fingerprint density at radius 2 is 0.692 bits per heavy atom. The number of ether oxygens (including phenoxy) is 3. The number of unbranched alkanes of at least 4 members (excludes halogenated alkanes) is 10. The summed E-state index contributed by atoms with van der Waals surface area (Å²) in [6.45, 7) is 6.22. The van der Waals surface area contributed by atoms with Crippen molar-refractivity contribution in [2.75, 3.05) is 13.2 Å². The van der Waals surface area contributed by atoms with Crippen molar-refractivity contribution in [1.82, 2.24) is 0 Å². The molecule has 0 amide bonds. The molecule has 1 unspecified atom stereocenters. The average Bonchev–Trinajstić information content (AvgIpc) is 3.30. The van der Waals surface area contributed by atoms with E-state index in [0.29, 0.717) is 19.3 Å². The van der Waals surface area contributed by atoms with E-state index >= 15 is 0 Å². The molecule has 0 heterocycles. The maximum atomic E-state index is 12.8. The number of carbonyl (C=O) groups excluding carboxylic acids is 3.